The van der Waals surface area contributed by atoms with Gasteiger partial charge in [-0.25, -0.2) is 8.42 Å². The number of amides is 1. The molecule has 29 heavy (non-hydrogen) atoms. The SMILES string of the molecule is COc1ccc(CNc2nnc(SC(C)C(=O)N(C)C3CCS(=O)(=O)C3)s2)cc1. The highest BCUT2D eigenvalue weighted by Gasteiger charge is 2.34. The molecule has 0 radical (unpaired) electrons. The zero-order valence-electron chi connectivity index (χ0n) is 16.5. The van der Waals surface area contributed by atoms with Crippen molar-refractivity contribution in [1.29, 1.82) is 0 Å². The van der Waals surface area contributed by atoms with Gasteiger partial charge in [-0.2, -0.15) is 0 Å². The molecule has 0 spiro atoms. The van der Waals surface area contributed by atoms with E-state index in [9.17, 15) is 13.2 Å². The van der Waals surface area contributed by atoms with Gasteiger partial charge in [-0.05, 0) is 31.0 Å². The maximum absolute atomic E-state index is 12.7. The van der Waals surface area contributed by atoms with Gasteiger partial charge in [0.25, 0.3) is 0 Å². The van der Waals surface area contributed by atoms with E-state index in [4.69, 9.17) is 4.74 Å². The lowest BCUT2D eigenvalue weighted by Crippen LogP contribution is -2.41. The van der Waals surface area contributed by atoms with Crippen LogP contribution >= 0.6 is 23.1 Å². The van der Waals surface area contributed by atoms with Gasteiger partial charge in [-0.15, -0.1) is 10.2 Å². The van der Waals surface area contributed by atoms with E-state index in [1.54, 1.807) is 26.0 Å². The largest absolute Gasteiger partial charge is 0.497 e. The first-order valence-electron chi connectivity index (χ1n) is 9.11. The van der Waals surface area contributed by atoms with E-state index in [0.29, 0.717) is 22.4 Å². The van der Waals surface area contributed by atoms with E-state index in [0.717, 1.165) is 11.3 Å². The number of anilines is 1. The summed E-state index contributed by atoms with van der Waals surface area (Å²) >= 11 is 2.72. The van der Waals surface area contributed by atoms with Crippen molar-refractivity contribution in [3.8, 4) is 5.75 Å². The summed E-state index contributed by atoms with van der Waals surface area (Å²) in [5, 5.41) is 11.8. The molecule has 1 saturated heterocycles. The van der Waals surface area contributed by atoms with Crippen molar-refractivity contribution in [3.63, 3.8) is 0 Å². The second-order valence-corrected chi connectivity index (χ2v) is 11.6. The topological polar surface area (TPSA) is 101 Å². The minimum absolute atomic E-state index is 0.0465. The lowest BCUT2D eigenvalue weighted by molar-refractivity contribution is -0.130. The Hall–Kier alpha value is -1.85. The van der Waals surface area contributed by atoms with Crippen LogP contribution in [-0.2, 0) is 21.2 Å². The number of aromatic nitrogens is 2. The summed E-state index contributed by atoms with van der Waals surface area (Å²) in [5.41, 5.74) is 1.09. The number of hydrogen-bond donors (Lipinski definition) is 1. The molecule has 2 unspecified atom stereocenters. The van der Waals surface area contributed by atoms with Crippen molar-refractivity contribution in [2.45, 2.75) is 35.5 Å². The van der Waals surface area contributed by atoms with Crippen LogP contribution in [0, 0.1) is 0 Å². The van der Waals surface area contributed by atoms with Crippen LogP contribution in [-0.4, -0.2) is 66.4 Å². The van der Waals surface area contributed by atoms with E-state index in [1.807, 2.05) is 24.3 Å². The standard InChI is InChI=1S/C18H24N4O4S3/c1-12(16(23)22(2)14-8-9-29(24,25)11-14)27-18-21-20-17(28-18)19-10-13-4-6-15(26-3)7-5-13/h4-7,12,14H,8-11H2,1-3H3,(H,19,20). The van der Waals surface area contributed by atoms with Gasteiger partial charge in [-0.1, -0.05) is 35.2 Å². The number of sulfone groups is 1. The normalized spacial score (nSPS) is 18.9. The van der Waals surface area contributed by atoms with E-state index in [-0.39, 0.29) is 28.7 Å². The molecule has 2 atom stereocenters. The van der Waals surface area contributed by atoms with Crippen LogP contribution in [0.2, 0.25) is 0 Å². The molecule has 1 aliphatic rings. The van der Waals surface area contributed by atoms with Crippen molar-refractivity contribution < 1.29 is 17.9 Å². The van der Waals surface area contributed by atoms with Crippen molar-refractivity contribution >= 4 is 44.0 Å². The number of methoxy groups -OCH3 is 1. The summed E-state index contributed by atoms with van der Waals surface area (Å²) in [7, 11) is 0.280. The number of thioether (sulfide) groups is 1. The smallest absolute Gasteiger partial charge is 0.235 e. The molecule has 2 aromatic rings. The average molecular weight is 457 g/mol. The fourth-order valence-electron chi connectivity index (χ4n) is 3.00. The second-order valence-electron chi connectivity index (χ2n) is 6.84. The third-order valence-electron chi connectivity index (χ3n) is 4.74. The minimum atomic E-state index is -3.02. The number of benzene rings is 1. The van der Waals surface area contributed by atoms with E-state index < -0.39 is 9.84 Å². The molecule has 2 heterocycles. The Morgan fingerprint density at radius 2 is 2.10 bits per heavy atom. The van der Waals surface area contributed by atoms with Gasteiger partial charge in [0.05, 0.1) is 23.9 Å². The Labute approximate surface area is 179 Å². The third kappa shape index (κ3) is 5.83. The number of nitrogens with one attached hydrogen (secondary N) is 1. The maximum Gasteiger partial charge on any atom is 0.235 e. The summed E-state index contributed by atoms with van der Waals surface area (Å²) in [6.45, 7) is 2.41. The summed E-state index contributed by atoms with van der Waals surface area (Å²) < 4.78 is 29.1. The van der Waals surface area contributed by atoms with Gasteiger partial charge in [0, 0.05) is 19.6 Å². The van der Waals surface area contributed by atoms with Crippen LogP contribution in [0.4, 0.5) is 5.13 Å². The van der Waals surface area contributed by atoms with Crippen molar-refractivity contribution in [2.24, 2.45) is 0 Å². The number of ether oxygens (including phenoxy) is 1. The molecule has 158 valence electrons. The molecule has 1 aromatic carbocycles. The number of nitrogens with zero attached hydrogens (tertiary/aromatic N) is 3. The highest BCUT2D eigenvalue weighted by Crippen LogP contribution is 2.30. The first-order valence-corrected chi connectivity index (χ1v) is 12.6. The summed E-state index contributed by atoms with van der Waals surface area (Å²) in [6, 6.07) is 7.51. The number of rotatable bonds is 8. The molecule has 0 aliphatic carbocycles. The number of carbonyl (C=O) groups is 1. The molecule has 1 N–H and O–H groups in total. The van der Waals surface area contributed by atoms with E-state index in [1.165, 1.54) is 23.1 Å². The lowest BCUT2D eigenvalue weighted by atomic mass is 10.2. The van der Waals surface area contributed by atoms with Crippen LogP contribution < -0.4 is 10.1 Å². The molecular weight excluding hydrogens is 432 g/mol. The van der Waals surface area contributed by atoms with Gasteiger partial charge < -0.3 is 15.0 Å². The van der Waals surface area contributed by atoms with Gasteiger partial charge in [0.1, 0.15) is 5.75 Å². The minimum Gasteiger partial charge on any atom is -0.497 e. The predicted molar refractivity (Wildman–Crippen MR) is 115 cm³/mol. The van der Waals surface area contributed by atoms with Gasteiger partial charge in [0.2, 0.25) is 11.0 Å². The Balaban J connectivity index is 1.51. The molecule has 1 amide bonds. The van der Waals surface area contributed by atoms with E-state index in [2.05, 4.69) is 15.5 Å². The predicted octanol–water partition coefficient (Wildman–Crippen LogP) is 2.28. The molecule has 0 bridgehead atoms. The molecule has 0 saturated carbocycles. The molecule has 11 heteroatoms. The van der Waals surface area contributed by atoms with Gasteiger partial charge >= 0.3 is 0 Å². The van der Waals surface area contributed by atoms with Crippen LogP contribution in [0.1, 0.15) is 18.9 Å². The monoisotopic (exact) mass is 456 g/mol. The molecule has 8 nitrogen and oxygen atoms in total. The van der Waals surface area contributed by atoms with E-state index >= 15 is 0 Å². The van der Waals surface area contributed by atoms with Crippen molar-refractivity contribution in [1.82, 2.24) is 15.1 Å². The molecule has 1 fully saturated rings. The third-order valence-corrected chi connectivity index (χ3v) is 8.54. The fourth-order valence-corrected chi connectivity index (χ4v) is 6.77. The maximum atomic E-state index is 12.7. The van der Waals surface area contributed by atoms with Crippen LogP contribution in [0.5, 0.6) is 5.75 Å². The zero-order chi connectivity index (χ0) is 21.0. The van der Waals surface area contributed by atoms with Crippen LogP contribution in [0.25, 0.3) is 0 Å². The first-order chi connectivity index (χ1) is 13.8. The lowest BCUT2D eigenvalue weighted by Gasteiger charge is -2.25. The van der Waals surface area contributed by atoms with Crippen LogP contribution in [0.3, 0.4) is 0 Å². The number of hydrogen-bond acceptors (Lipinski definition) is 9. The van der Waals surface area contributed by atoms with Crippen molar-refractivity contribution in [3.05, 3.63) is 29.8 Å². The molecule has 3 rings (SSSR count). The molecule has 1 aliphatic heterocycles. The highest BCUT2D eigenvalue weighted by molar-refractivity contribution is 8.02. The van der Waals surface area contributed by atoms with Gasteiger partial charge in [0.15, 0.2) is 14.2 Å². The average Bonchev–Trinajstić information content (AvgIpc) is 3.31. The molecule has 1 aromatic heterocycles. The molecular formula is C18H24N4O4S3. The Morgan fingerprint density at radius 3 is 2.72 bits per heavy atom. The summed E-state index contributed by atoms with van der Waals surface area (Å²) in [6.07, 6.45) is 0.500. The van der Waals surface area contributed by atoms with Gasteiger partial charge in [-0.3, -0.25) is 4.79 Å². The zero-order valence-corrected chi connectivity index (χ0v) is 18.9. The van der Waals surface area contributed by atoms with Crippen molar-refractivity contribution in [2.75, 3.05) is 31.0 Å². The first kappa shape index (κ1) is 21.8. The highest BCUT2D eigenvalue weighted by atomic mass is 32.2. The summed E-state index contributed by atoms with van der Waals surface area (Å²) in [5.74, 6) is 0.906. The number of carbonyl (C=O) groups excluding carboxylic acids is 1. The Kier molecular flexibility index (Phi) is 7.01. The fraction of sp³-hybridized carbons (Fsp3) is 0.500. The quantitative estimate of drug-likeness (QED) is 0.604. The Bertz CT molecular complexity index is 946. The summed E-state index contributed by atoms with van der Waals surface area (Å²) in [4.78, 5) is 14.2. The Morgan fingerprint density at radius 1 is 1.38 bits per heavy atom. The van der Waals surface area contributed by atoms with Crippen LogP contribution in [0.15, 0.2) is 28.6 Å². The second kappa shape index (κ2) is 9.31.